The predicted molar refractivity (Wildman–Crippen MR) is 98.1 cm³/mol. The standard InChI is InChI=1S/C19H22N4O3/c24-17-11-15(21-14-6-2-1-5-13(14)17)18(25)23-10-7-20-12-16(23)19(26)22-8-3-4-9-22/h1-2,5-6,11,16,20H,3-4,7-10,12H2,(H,21,24)/t16-/m0/s1. The molecule has 0 radical (unpaired) electrons. The lowest BCUT2D eigenvalue weighted by atomic mass is 10.1. The monoisotopic (exact) mass is 354 g/mol. The molecule has 26 heavy (non-hydrogen) atoms. The van der Waals surface area contributed by atoms with Gasteiger partial charge in [0, 0.05) is 49.7 Å². The van der Waals surface area contributed by atoms with E-state index in [1.54, 1.807) is 23.1 Å². The van der Waals surface area contributed by atoms with Crippen molar-refractivity contribution in [2.24, 2.45) is 0 Å². The number of likely N-dealkylation sites (tertiary alicyclic amines) is 1. The number of hydrogen-bond acceptors (Lipinski definition) is 4. The summed E-state index contributed by atoms with van der Waals surface area (Å²) < 4.78 is 0. The SMILES string of the molecule is O=C([C@@H]1CNCCN1C(=O)c1cc(=O)c2ccccc2[nH]1)N1CCCC1. The highest BCUT2D eigenvalue weighted by molar-refractivity contribution is 5.98. The van der Waals surface area contributed by atoms with Gasteiger partial charge in [-0.2, -0.15) is 0 Å². The summed E-state index contributed by atoms with van der Waals surface area (Å²) in [5.74, 6) is -0.307. The Morgan fingerprint density at radius 2 is 1.85 bits per heavy atom. The molecule has 0 bridgehead atoms. The molecule has 0 unspecified atom stereocenters. The Morgan fingerprint density at radius 1 is 1.08 bits per heavy atom. The molecule has 0 aliphatic carbocycles. The largest absolute Gasteiger partial charge is 0.350 e. The van der Waals surface area contributed by atoms with Gasteiger partial charge in [0.1, 0.15) is 11.7 Å². The number of rotatable bonds is 2. The molecule has 2 aliphatic heterocycles. The highest BCUT2D eigenvalue weighted by Gasteiger charge is 2.36. The Hall–Kier alpha value is -2.67. The molecule has 2 aliphatic rings. The summed E-state index contributed by atoms with van der Waals surface area (Å²) in [5, 5.41) is 3.75. The number of piperazine rings is 1. The molecule has 7 nitrogen and oxygen atoms in total. The minimum Gasteiger partial charge on any atom is -0.350 e. The summed E-state index contributed by atoms with van der Waals surface area (Å²) >= 11 is 0. The third-order valence-electron chi connectivity index (χ3n) is 5.17. The minimum atomic E-state index is -0.524. The number of nitrogens with zero attached hydrogens (tertiary/aromatic N) is 2. The third kappa shape index (κ3) is 2.99. The maximum atomic E-state index is 13.1. The normalized spacial score (nSPS) is 20.5. The average molecular weight is 354 g/mol. The molecule has 2 aromatic rings. The molecule has 1 aromatic heterocycles. The van der Waals surface area contributed by atoms with E-state index in [0.29, 0.717) is 30.5 Å². The second-order valence-electron chi connectivity index (χ2n) is 6.84. The fourth-order valence-electron chi connectivity index (χ4n) is 3.78. The lowest BCUT2D eigenvalue weighted by molar-refractivity contribution is -0.135. The van der Waals surface area contributed by atoms with E-state index in [1.807, 2.05) is 11.0 Å². The zero-order valence-corrected chi connectivity index (χ0v) is 14.5. The number of aromatic amines is 1. The Labute approximate surface area is 151 Å². The molecule has 2 N–H and O–H groups in total. The van der Waals surface area contributed by atoms with Gasteiger partial charge in [-0.15, -0.1) is 0 Å². The Balaban J connectivity index is 1.65. The Morgan fingerprint density at radius 3 is 2.65 bits per heavy atom. The van der Waals surface area contributed by atoms with Crippen LogP contribution in [-0.2, 0) is 4.79 Å². The Bertz CT molecular complexity index is 901. The van der Waals surface area contributed by atoms with Crippen molar-refractivity contribution in [2.45, 2.75) is 18.9 Å². The number of H-pyrrole nitrogens is 1. The van der Waals surface area contributed by atoms with Crippen LogP contribution in [0.3, 0.4) is 0 Å². The van der Waals surface area contributed by atoms with E-state index in [-0.39, 0.29) is 22.9 Å². The number of hydrogen-bond donors (Lipinski definition) is 2. The van der Waals surface area contributed by atoms with Crippen molar-refractivity contribution in [3.05, 3.63) is 46.2 Å². The van der Waals surface area contributed by atoms with Gasteiger partial charge >= 0.3 is 0 Å². The summed E-state index contributed by atoms with van der Waals surface area (Å²) in [6.07, 6.45) is 2.02. The molecular weight excluding hydrogens is 332 g/mol. The van der Waals surface area contributed by atoms with Crippen LogP contribution in [0.2, 0.25) is 0 Å². The van der Waals surface area contributed by atoms with Crippen LogP contribution >= 0.6 is 0 Å². The number of amides is 2. The summed E-state index contributed by atoms with van der Waals surface area (Å²) in [7, 11) is 0. The molecular formula is C19H22N4O3. The molecule has 136 valence electrons. The lowest BCUT2D eigenvalue weighted by Crippen LogP contribution is -2.60. The van der Waals surface area contributed by atoms with Gasteiger partial charge in [0.25, 0.3) is 5.91 Å². The first kappa shape index (κ1) is 16.8. The molecule has 0 saturated carbocycles. The maximum Gasteiger partial charge on any atom is 0.271 e. The van der Waals surface area contributed by atoms with Gasteiger partial charge in [0.05, 0.1) is 0 Å². The van der Waals surface area contributed by atoms with Crippen LogP contribution in [0.25, 0.3) is 10.9 Å². The first-order valence-electron chi connectivity index (χ1n) is 9.08. The number of pyridine rings is 1. The summed E-state index contributed by atoms with van der Waals surface area (Å²) in [4.78, 5) is 44.7. The molecule has 2 fully saturated rings. The molecule has 7 heteroatoms. The topological polar surface area (TPSA) is 85.5 Å². The van der Waals surface area contributed by atoms with Gasteiger partial charge < -0.3 is 20.1 Å². The van der Waals surface area contributed by atoms with Gasteiger partial charge in [-0.25, -0.2) is 0 Å². The van der Waals surface area contributed by atoms with Crippen LogP contribution in [-0.4, -0.2) is 65.4 Å². The summed E-state index contributed by atoms with van der Waals surface area (Å²) in [5.41, 5.74) is 0.663. The van der Waals surface area contributed by atoms with E-state index >= 15 is 0 Å². The van der Waals surface area contributed by atoms with Crippen molar-refractivity contribution in [1.29, 1.82) is 0 Å². The molecule has 2 amide bonds. The number of carbonyl (C=O) groups is 2. The first-order valence-corrected chi connectivity index (χ1v) is 9.08. The predicted octanol–water partition coefficient (Wildman–Crippen LogP) is 0.565. The number of para-hydroxylation sites is 1. The van der Waals surface area contributed by atoms with Gasteiger partial charge in [0.2, 0.25) is 5.91 Å². The molecule has 1 aromatic carbocycles. The summed E-state index contributed by atoms with van der Waals surface area (Å²) in [6.45, 7) is 3.03. The summed E-state index contributed by atoms with van der Waals surface area (Å²) in [6, 6.07) is 7.93. The highest BCUT2D eigenvalue weighted by atomic mass is 16.2. The van der Waals surface area contributed by atoms with Crippen LogP contribution < -0.4 is 10.7 Å². The highest BCUT2D eigenvalue weighted by Crippen LogP contribution is 2.16. The molecule has 4 rings (SSSR count). The molecule has 3 heterocycles. The quantitative estimate of drug-likeness (QED) is 0.825. The van der Waals surface area contributed by atoms with Crippen LogP contribution in [0.15, 0.2) is 35.1 Å². The zero-order valence-electron chi connectivity index (χ0n) is 14.5. The van der Waals surface area contributed by atoms with Gasteiger partial charge in [-0.05, 0) is 25.0 Å². The van der Waals surface area contributed by atoms with Crippen molar-refractivity contribution in [2.75, 3.05) is 32.7 Å². The number of benzene rings is 1. The van der Waals surface area contributed by atoms with Gasteiger partial charge in [-0.3, -0.25) is 14.4 Å². The lowest BCUT2D eigenvalue weighted by Gasteiger charge is -2.37. The van der Waals surface area contributed by atoms with Gasteiger partial charge in [-0.1, -0.05) is 12.1 Å². The average Bonchev–Trinajstić information content (AvgIpc) is 3.21. The van der Waals surface area contributed by atoms with E-state index < -0.39 is 6.04 Å². The maximum absolute atomic E-state index is 13.1. The van der Waals surface area contributed by atoms with Gasteiger partial charge in [0.15, 0.2) is 5.43 Å². The first-order chi connectivity index (χ1) is 12.6. The third-order valence-corrected chi connectivity index (χ3v) is 5.17. The van der Waals surface area contributed by atoms with Crippen molar-refractivity contribution < 1.29 is 9.59 Å². The number of carbonyl (C=O) groups excluding carboxylic acids is 2. The van der Waals surface area contributed by atoms with E-state index in [2.05, 4.69) is 10.3 Å². The smallest absolute Gasteiger partial charge is 0.271 e. The van der Waals surface area contributed by atoms with E-state index in [9.17, 15) is 14.4 Å². The van der Waals surface area contributed by atoms with Crippen LogP contribution in [0.1, 0.15) is 23.3 Å². The van der Waals surface area contributed by atoms with E-state index in [4.69, 9.17) is 0 Å². The van der Waals surface area contributed by atoms with Crippen LogP contribution in [0.4, 0.5) is 0 Å². The van der Waals surface area contributed by atoms with Crippen molar-refractivity contribution >= 4 is 22.7 Å². The Kier molecular flexibility index (Phi) is 4.46. The van der Waals surface area contributed by atoms with Crippen LogP contribution in [0, 0.1) is 0 Å². The van der Waals surface area contributed by atoms with E-state index in [0.717, 1.165) is 25.9 Å². The van der Waals surface area contributed by atoms with Crippen molar-refractivity contribution in [1.82, 2.24) is 20.1 Å². The number of aromatic nitrogens is 1. The second kappa shape index (κ2) is 6.92. The van der Waals surface area contributed by atoms with E-state index in [1.165, 1.54) is 6.07 Å². The zero-order chi connectivity index (χ0) is 18.1. The minimum absolute atomic E-state index is 0.00816. The fourth-order valence-corrected chi connectivity index (χ4v) is 3.78. The fraction of sp³-hybridized carbons (Fsp3) is 0.421. The molecule has 2 saturated heterocycles. The molecule has 1 atom stereocenters. The molecule has 0 spiro atoms. The number of fused-ring (bicyclic) bond motifs is 1. The number of nitrogens with one attached hydrogen (secondary N) is 2. The van der Waals surface area contributed by atoms with Crippen molar-refractivity contribution in [3.8, 4) is 0 Å². The van der Waals surface area contributed by atoms with Crippen LogP contribution in [0.5, 0.6) is 0 Å². The second-order valence-corrected chi connectivity index (χ2v) is 6.84. The van der Waals surface area contributed by atoms with Crippen molar-refractivity contribution in [3.63, 3.8) is 0 Å².